The van der Waals surface area contributed by atoms with Crippen molar-refractivity contribution in [3.63, 3.8) is 0 Å². The van der Waals surface area contributed by atoms with E-state index in [1.165, 1.54) is 0 Å². The average molecular weight is 313 g/mol. The number of carbonyl (C=O) groups excluding carboxylic acids is 1. The molecular formula is C17H35N3O2. The molecule has 1 N–H and O–H groups in total. The highest BCUT2D eigenvalue weighted by Crippen LogP contribution is 2.15. The van der Waals surface area contributed by atoms with Gasteiger partial charge < -0.3 is 19.9 Å². The molecule has 0 bridgehead atoms. The third-order valence-corrected chi connectivity index (χ3v) is 4.08. The number of hydrogen-bond donors (Lipinski definition) is 1. The normalized spacial score (nSPS) is 19.8. The first-order valence-corrected chi connectivity index (χ1v) is 8.60. The van der Waals surface area contributed by atoms with Gasteiger partial charge in [-0.1, -0.05) is 0 Å². The van der Waals surface area contributed by atoms with Gasteiger partial charge in [0.05, 0.1) is 0 Å². The largest absolute Gasteiger partial charge is 0.444 e. The maximum absolute atomic E-state index is 12.1. The Balaban J connectivity index is 2.27. The molecule has 0 aromatic rings. The van der Waals surface area contributed by atoms with Crippen LogP contribution in [0.5, 0.6) is 0 Å². The lowest BCUT2D eigenvalue weighted by Gasteiger charge is -2.34. The molecule has 1 unspecified atom stereocenters. The van der Waals surface area contributed by atoms with Gasteiger partial charge in [-0.25, -0.2) is 4.79 Å². The van der Waals surface area contributed by atoms with E-state index < -0.39 is 5.60 Å². The number of nitrogens with zero attached hydrogens (tertiary/aromatic N) is 2. The summed E-state index contributed by atoms with van der Waals surface area (Å²) < 4.78 is 5.46. The first-order chi connectivity index (χ1) is 10.2. The Bertz CT molecular complexity index is 339. The Kier molecular flexibility index (Phi) is 7.63. The van der Waals surface area contributed by atoms with Crippen molar-refractivity contribution in [1.82, 2.24) is 15.1 Å². The minimum atomic E-state index is -0.418. The molecule has 0 radical (unpaired) electrons. The Morgan fingerprint density at radius 2 is 2.09 bits per heavy atom. The van der Waals surface area contributed by atoms with E-state index in [0.717, 1.165) is 45.4 Å². The second kappa shape index (κ2) is 8.73. The maximum atomic E-state index is 12.1. The van der Waals surface area contributed by atoms with E-state index in [1.54, 1.807) is 0 Å². The molecule has 0 aromatic heterocycles. The fraction of sp³-hybridized carbons (Fsp3) is 0.941. The number of likely N-dealkylation sites (tertiary alicyclic amines) is 1. The van der Waals surface area contributed by atoms with Crippen LogP contribution in [0.1, 0.15) is 53.9 Å². The molecule has 130 valence electrons. The zero-order chi connectivity index (χ0) is 16.8. The summed E-state index contributed by atoms with van der Waals surface area (Å²) in [6, 6.07) is 0.989. The molecule has 0 aromatic carbocycles. The molecule has 1 amide bonds. The molecule has 1 fully saturated rings. The predicted octanol–water partition coefficient (Wildman–Crippen LogP) is 2.71. The summed E-state index contributed by atoms with van der Waals surface area (Å²) in [6.45, 7) is 13.8. The fourth-order valence-corrected chi connectivity index (χ4v) is 2.53. The summed E-state index contributed by atoms with van der Waals surface area (Å²) in [5.74, 6) is 0. The molecule has 1 saturated heterocycles. The van der Waals surface area contributed by atoms with Crippen LogP contribution in [0.2, 0.25) is 0 Å². The molecule has 5 heteroatoms. The second-order valence-electron chi connectivity index (χ2n) is 7.65. The number of hydrogen-bond acceptors (Lipinski definition) is 4. The number of amides is 1. The average Bonchev–Trinajstić information content (AvgIpc) is 2.41. The lowest BCUT2D eigenvalue weighted by Crippen LogP contribution is -2.49. The topological polar surface area (TPSA) is 44.8 Å². The van der Waals surface area contributed by atoms with Gasteiger partial charge in [-0.2, -0.15) is 0 Å². The van der Waals surface area contributed by atoms with Gasteiger partial charge in [-0.15, -0.1) is 0 Å². The molecule has 0 spiro atoms. The van der Waals surface area contributed by atoms with Gasteiger partial charge in [-0.3, -0.25) is 0 Å². The van der Waals surface area contributed by atoms with Gasteiger partial charge >= 0.3 is 6.09 Å². The molecule has 1 aliphatic rings. The zero-order valence-corrected chi connectivity index (χ0v) is 15.3. The number of nitrogens with one attached hydrogen (secondary N) is 1. The summed E-state index contributed by atoms with van der Waals surface area (Å²) >= 11 is 0. The van der Waals surface area contributed by atoms with Crippen LogP contribution in [0.3, 0.4) is 0 Å². The Labute approximate surface area is 136 Å². The van der Waals surface area contributed by atoms with Crippen molar-refractivity contribution in [1.29, 1.82) is 0 Å². The third-order valence-electron chi connectivity index (χ3n) is 4.08. The van der Waals surface area contributed by atoms with Crippen LogP contribution in [0.15, 0.2) is 0 Å². The monoisotopic (exact) mass is 313 g/mol. The van der Waals surface area contributed by atoms with Crippen LogP contribution in [0.4, 0.5) is 4.79 Å². The van der Waals surface area contributed by atoms with Crippen molar-refractivity contribution in [3.8, 4) is 0 Å². The quantitative estimate of drug-likeness (QED) is 0.766. The van der Waals surface area contributed by atoms with Crippen molar-refractivity contribution in [3.05, 3.63) is 0 Å². The van der Waals surface area contributed by atoms with E-state index >= 15 is 0 Å². The summed E-state index contributed by atoms with van der Waals surface area (Å²) in [4.78, 5) is 16.3. The molecule has 1 atom stereocenters. The minimum Gasteiger partial charge on any atom is -0.444 e. The number of carbonyl (C=O) groups is 1. The van der Waals surface area contributed by atoms with Gasteiger partial charge in [-0.05, 0) is 74.0 Å². The lowest BCUT2D eigenvalue weighted by atomic mass is 10.1. The molecular weight excluding hydrogens is 278 g/mol. The molecule has 1 rings (SSSR count). The van der Waals surface area contributed by atoms with Crippen molar-refractivity contribution in [2.75, 3.05) is 33.2 Å². The Morgan fingerprint density at radius 1 is 1.41 bits per heavy atom. The van der Waals surface area contributed by atoms with Crippen LogP contribution in [-0.4, -0.2) is 66.8 Å². The molecule has 0 saturated carbocycles. The number of piperidine rings is 1. The van der Waals surface area contributed by atoms with Gasteiger partial charge in [0.25, 0.3) is 0 Å². The smallest absolute Gasteiger partial charge is 0.410 e. The SMILES string of the molecule is CC(C)N(C)CCCNC1CCCN(C(=O)OC(C)(C)C)C1. The third kappa shape index (κ3) is 7.45. The first-order valence-electron chi connectivity index (χ1n) is 8.60. The van der Waals surface area contributed by atoms with Crippen LogP contribution in [0.25, 0.3) is 0 Å². The Morgan fingerprint density at radius 3 is 2.68 bits per heavy atom. The van der Waals surface area contributed by atoms with E-state index in [-0.39, 0.29) is 6.09 Å². The number of ether oxygens (including phenoxy) is 1. The van der Waals surface area contributed by atoms with Gasteiger partial charge in [0.1, 0.15) is 5.60 Å². The predicted molar refractivity (Wildman–Crippen MR) is 91.2 cm³/mol. The highest BCUT2D eigenvalue weighted by Gasteiger charge is 2.27. The number of rotatable bonds is 6. The molecule has 0 aliphatic carbocycles. The van der Waals surface area contributed by atoms with Crippen molar-refractivity contribution in [2.24, 2.45) is 0 Å². The van der Waals surface area contributed by atoms with Crippen LogP contribution in [-0.2, 0) is 4.74 Å². The van der Waals surface area contributed by atoms with Gasteiger partial charge in [0.15, 0.2) is 0 Å². The zero-order valence-electron chi connectivity index (χ0n) is 15.3. The van der Waals surface area contributed by atoms with E-state index in [0.29, 0.717) is 12.1 Å². The summed E-state index contributed by atoms with van der Waals surface area (Å²) in [6.07, 6.45) is 3.14. The molecule has 22 heavy (non-hydrogen) atoms. The van der Waals surface area contributed by atoms with E-state index in [4.69, 9.17) is 4.74 Å². The summed E-state index contributed by atoms with van der Waals surface area (Å²) in [7, 11) is 2.16. The Hall–Kier alpha value is -0.810. The minimum absolute atomic E-state index is 0.182. The van der Waals surface area contributed by atoms with Crippen molar-refractivity contribution < 1.29 is 9.53 Å². The van der Waals surface area contributed by atoms with Crippen LogP contribution in [0, 0.1) is 0 Å². The maximum Gasteiger partial charge on any atom is 0.410 e. The summed E-state index contributed by atoms with van der Waals surface area (Å²) in [5, 5.41) is 3.59. The van der Waals surface area contributed by atoms with E-state index in [2.05, 4.69) is 31.1 Å². The molecule has 5 nitrogen and oxygen atoms in total. The van der Waals surface area contributed by atoms with Crippen molar-refractivity contribution >= 4 is 6.09 Å². The fourth-order valence-electron chi connectivity index (χ4n) is 2.53. The molecule has 1 heterocycles. The molecule has 1 aliphatic heterocycles. The van der Waals surface area contributed by atoms with Crippen LogP contribution >= 0.6 is 0 Å². The van der Waals surface area contributed by atoms with Gasteiger partial charge in [0.2, 0.25) is 0 Å². The van der Waals surface area contributed by atoms with E-state index in [9.17, 15) is 4.79 Å². The van der Waals surface area contributed by atoms with Crippen LogP contribution < -0.4 is 5.32 Å². The van der Waals surface area contributed by atoms with Gasteiger partial charge in [0, 0.05) is 25.2 Å². The highest BCUT2D eigenvalue weighted by molar-refractivity contribution is 5.68. The summed E-state index contributed by atoms with van der Waals surface area (Å²) in [5.41, 5.74) is -0.418. The lowest BCUT2D eigenvalue weighted by molar-refractivity contribution is 0.0187. The second-order valence-corrected chi connectivity index (χ2v) is 7.65. The van der Waals surface area contributed by atoms with E-state index in [1.807, 2.05) is 25.7 Å². The highest BCUT2D eigenvalue weighted by atomic mass is 16.6. The first kappa shape index (κ1) is 19.2. The standard InChI is InChI=1S/C17H35N3O2/c1-14(2)19(6)11-8-10-18-15-9-7-12-20(13-15)16(21)22-17(3,4)5/h14-15,18H,7-13H2,1-6H3. The van der Waals surface area contributed by atoms with Crippen molar-refractivity contribution in [2.45, 2.75) is 71.6 Å².